The molecule has 1 saturated heterocycles. The molecule has 0 aliphatic carbocycles. The summed E-state index contributed by atoms with van der Waals surface area (Å²) in [4.78, 5) is 10.7. The largest absolute Gasteiger partial charge is 0.424 e. The molecule has 1 atom stereocenters. The third kappa shape index (κ3) is 0.887. The predicted molar refractivity (Wildman–Crippen MR) is 38.4 cm³/mol. The minimum atomic E-state index is -1.31. The van der Waals surface area contributed by atoms with E-state index in [9.17, 15) is 9.18 Å². The zero-order chi connectivity index (χ0) is 8.77. The lowest BCUT2D eigenvalue weighted by Gasteiger charge is -1.99. The van der Waals surface area contributed by atoms with E-state index >= 15 is 0 Å². The van der Waals surface area contributed by atoms with Crippen LogP contribution < -0.4 is 5.73 Å². The van der Waals surface area contributed by atoms with E-state index in [1.165, 1.54) is 24.3 Å². The summed E-state index contributed by atoms with van der Waals surface area (Å²) in [6, 6.07) is 5.33. The van der Waals surface area contributed by atoms with Crippen LogP contribution in [-0.4, -0.2) is 5.97 Å². The molecule has 2 rings (SSSR count). The SMILES string of the molecule is NC1(c2ccc(F)cc2)OC1=O. The average Bonchev–Trinajstić information content (AvgIpc) is 2.62. The van der Waals surface area contributed by atoms with Gasteiger partial charge in [-0.1, -0.05) is 12.1 Å². The number of ether oxygens (including phenoxy) is 1. The van der Waals surface area contributed by atoms with Crippen LogP contribution in [0.15, 0.2) is 24.3 Å². The van der Waals surface area contributed by atoms with Crippen LogP contribution in [0.1, 0.15) is 5.56 Å². The lowest BCUT2D eigenvalue weighted by atomic mass is 10.1. The molecule has 0 bridgehead atoms. The summed E-state index contributed by atoms with van der Waals surface area (Å²) in [6.07, 6.45) is 0. The van der Waals surface area contributed by atoms with E-state index in [1.807, 2.05) is 0 Å². The van der Waals surface area contributed by atoms with Gasteiger partial charge in [-0.3, -0.25) is 5.73 Å². The van der Waals surface area contributed by atoms with E-state index < -0.39 is 11.7 Å². The second-order valence-corrected chi connectivity index (χ2v) is 2.63. The van der Waals surface area contributed by atoms with Crippen molar-refractivity contribution in [1.82, 2.24) is 0 Å². The maximum absolute atomic E-state index is 12.4. The van der Waals surface area contributed by atoms with Crippen molar-refractivity contribution in [1.29, 1.82) is 0 Å². The van der Waals surface area contributed by atoms with Crippen molar-refractivity contribution < 1.29 is 13.9 Å². The van der Waals surface area contributed by atoms with E-state index in [0.717, 1.165) is 0 Å². The fourth-order valence-electron chi connectivity index (χ4n) is 0.995. The van der Waals surface area contributed by atoms with Gasteiger partial charge in [0.15, 0.2) is 0 Å². The first-order valence-corrected chi connectivity index (χ1v) is 3.41. The van der Waals surface area contributed by atoms with Gasteiger partial charge in [-0.2, -0.15) is 0 Å². The topological polar surface area (TPSA) is 55.6 Å². The molecule has 3 nitrogen and oxygen atoms in total. The fourth-order valence-corrected chi connectivity index (χ4v) is 0.995. The van der Waals surface area contributed by atoms with Gasteiger partial charge in [0.1, 0.15) is 5.82 Å². The first-order valence-electron chi connectivity index (χ1n) is 3.41. The van der Waals surface area contributed by atoms with Crippen LogP contribution in [0.25, 0.3) is 0 Å². The van der Waals surface area contributed by atoms with Crippen molar-refractivity contribution >= 4 is 5.97 Å². The monoisotopic (exact) mass is 167 g/mol. The Balaban J connectivity index is 2.37. The molecule has 0 spiro atoms. The van der Waals surface area contributed by atoms with Crippen molar-refractivity contribution in [2.45, 2.75) is 5.72 Å². The first kappa shape index (κ1) is 7.24. The zero-order valence-electron chi connectivity index (χ0n) is 6.08. The van der Waals surface area contributed by atoms with Crippen molar-refractivity contribution in [2.75, 3.05) is 0 Å². The number of cyclic esters (lactones) is 1. The number of carbonyl (C=O) groups excluding carboxylic acids is 1. The van der Waals surface area contributed by atoms with E-state index in [-0.39, 0.29) is 5.82 Å². The summed E-state index contributed by atoms with van der Waals surface area (Å²) in [5, 5.41) is 0. The standard InChI is InChI=1S/C8H6FNO2/c9-6-3-1-5(2-4-6)8(10)7(11)12-8/h1-4H,10H2. The molecule has 0 radical (unpaired) electrons. The highest BCUT2D eigenvalue weighted by molar-refractivity contribution is 5.93. The highest BCUT2D eigenvalue weighted by atomic mass is 19.1. The molecule has 1 aromatic rings. The van der Waals surface area contributed by atoms with Crippen LogP contribution in [0.2, 0.25) is 0 Å². The normalized spacial score (nSPS) is 26.7. The second kappa shape index (κ2) is 2.04. The number of nitrogens with two attached hydrogens (primary N) is 1. The van der Waals surface area contributed by atoms with Gasteiger partial charge >= 0.3 is 5.97 Å². The van der Waals surface area contributed by atoms with Crippen LogP contribution in [0, 0.1) is 5.82 Å². The van der Waals surface area contributed by atoms with Crippen LogP contribution >= 0.6 is 0 Å². The Labute approximate surface area is 67.9 Å². The minimum Gasteiger partial charge on any atom is -0.424 e. The van der Waals surface area contributed by atoms with Crippen molar-refractivity contribution in [3.8, 4) is 0 Å². The molecule has 0 aromatic heterocycles. The highest BCUT2D eigenvalue weighted by Crippen LogP contribution is 2.34. The van der Waals surface area contributed by atoms with Crippen LogP contribution in [-0.2, 0) is 15.3 Å². The Hall–Kier alpha value is -1.42. The summed E-state index contributed by atoms with van der Waals surface area (Å²) in [5.41, 5.74) is 4.64. The molecular formula is C8H6FNO2. The number of hydrogen-bond donors (Lipinski definition) is 1. The number of rotatable bonds is 1. The van der Waals surface area contributed by atoms with Gasteiger partial charge in [-0.15, -0.1) is 0 Å². The maximum atomic E-state index is 12.4. The zero-order valence-corrected chi connectivity index (χ0v) is 6.08. The predicted octanol–water partition coefficient (Wildman–Crippen LogP) is 0.494. The Morgan fingerprint density at radius 3 is 2.25 bits per heavy atom. The third-order valence-electron chi connectivity index (χ3n) is 1.79. The molecular weight excluding hydrogens is 161 g/mol. The van der Waals surface area contributed by atoms with Crippen molar-refractivity contribution in [2.24, 2.45) is 5.73 Å². The smallest absolute Gasteiger partial charge is 0.373 e. The summed E-state index contributed by atoms with van der Waals surface area (Å²) >= 11 is 0. The van der Waals surface area contributed by atoms with Crippen LogP contribution in [0.4, 0.5) is 4.39 Å². The fraction of sp³-hybridized carbons (Fsp3) is 0.125. The van der Waals surface area contributed by atoms with Crippen LogP contribution in [0.3, 0.4) is 0 Å². The lowest BCUT2D eigenvalue weighted by molar-refractivity contribution is -0.117. The number of hydrogen-bond acceptors (Lipinski definition) is 3. The Bertz CT molecular complexity index is 335. The Morgan fingerprint density at radius 2 is 1.83 bits per heavy atom. The van der Waals surface area contributed by atoms with Gasteiger partial charge < -0.3 is 4.74 Å². The molecule has 1 unspecified atom stereocenters. The van der Waals surface area contributed by atoms with Crippen molar-refractivity contribution in [3.05, 3.63) is 35.6 Å². The number of epoxide rings is 1. The van der Waals surface area contributed by atoms with E-state index in [4.69, 9.17) is 5.73 Å². The number of halogens is 1. The van der Waals surface area contributed by atoms with Gasteiger partial charge in [-0.05, 0) is 12.1 Å². The molecule has 1 aliphatic heterocycles. The molecule has 1 fully saturated rings. The van der Waals surface area contributed by atoms with Gasteiger partial charge in [0.25, 0.3) is 5.72 Å². The lowest BCUT2D eigenvalue weighted by Crippen LogP contribution is -2.22. The van der Waals surface area contributed by atoms with Gasteiger partial charge in [0.05, 0.1) is 0 Å². The number of carbonyl (C=O) groups is 1. The molecule has 2 N–H and O–H groups in total. The highest BCUT2D eigenvalue weighted by Gasteiger charge is 2.56. The molecule has 62 valence electrons. The van der Waals surface area contributed by atoms with Crippen LogP contribution in [0.5, 0.6) is 0 Å². The second-order valence-electron chi connectivity index (χ2n) is 2.63. The summed E-state index contributed by atoms with van der Waals surface area (Å²) in [7, 11) is 0. The summed E-state index contributed by atoms with van der Waals surface area (Å²) in [5.74, 6) is -0.843. The first-order chi connectivity index (χ1) is 5.63. The van der Waals surface area contributed by atoms with E-state index in [0.29, 0.717) is 5.56 Å². The third-order valence-corrected chi connectivity index (χ3v) is 1.79. The minimum absolute atomic E-state index is 0.365. The molecule has 0 amide bonds. The van der Waals surface area contributed by atoms with E-state index in [1.54, 1.807) is 0 Å². The summed E-state index contributed by atoms with van der Waals surface area (Å²) < 4.78 is 17.0. The van der Waals surface area contributed by atoms with Gasteiger partial charge in [0.2, 0.25) is 0 Å². The molecule has 4 heteroatoms. The molecule has 1 heterocycles. The number of benzene rings is 1. The van der Waals surface area contributed by atoms with Crippen molar-refractivity contribution in [3.63, 3.8) is 0 Å². The molecule has 1 aromatic carbocycles. The quantitative estimate of drug-likeness (QED) is 0.619. The van der Waals surface area contributed by atoms with Gasteiger partial charge in [-0.25, -0.2) is 9.18 Å². The average molecular weight is 167 g/mol. The molecule has 0 saturated carbocycles. The van der Waals surface area contributed by atoms with E-state index in [2.05, 4.69) is 4.74 Å². The van der Waals surface area contributed by atoms with Gasteiger partial charge in [0, 0.05) is 5.56 Å². The summed E-state index contributed by atoms with van der Waals surface area (Å²) in [6.45, 7) is 0. The molecule has 1 aliphatic rings. The molecule has 12 heavy (non-hydrogen) atoms. The Kier molecular flexibility index (Phi) is 1.23. The Morgan fingerprint density at radius 1 is 1.33 bits per heavy atom. The maximum Gasteiger partial charge on any atom is 0.373 e.